The number of benzene rings is 1. The van der Waals surface area contributed by atoms with E-state index < -0.39 is 0 Å². The molecule has 0 spiro atoms. The molecule has 5 nitrogen and oxygen atoms in total. The minimum absolute atomic E-state index is 0.203. The van der Waals surface area contributed by atoms with Gasteiger partial charge in [-0.1, -0.05) is 17.3 Å². The molecule has 5 heteroatoms. The smallest absolute Gasteiger partial charge is 0.246 e. The van der Waals surface area contributed by atoms with Gasteiger partial charge in [0.15, 0.2) is 0 Å². The quantitative estimate of drug-likeness (QED) is 0.928. The number of para-hydroxylation sites is 1. The van der Waals surface area contributed by atoms with Gasteiger partial charge in [0, 0.05) is 0 Å². The minimum atomic E-state index is -0.203. The summed E-state index contributed by atoms with van der Waals surface area (Å²) in [5, 5.41) is 7.54. The third-order valence-corrected chi connectivity index (χ3v) is 3.69. The summed E-state index contributed by atoms with van der Waals surface area (Å²) in [6.45, 7) is 5.67. The molecule has 3 rings (SSSR count). The van der Waals surface area contributed by atoms with Crippen LogP contribution in [0.1, 0.15) is 32.6 Å². The second-order valence-corrected chi connectivity index (χ2v) is 5.21. The molecule has 20 heavy (non-hydrogen) atoms. The second kappa shape index (κ2) is 5.25. The molecule has 1 saturated heterocycles. The normalized spacial score (nSPS) is 22.1. The summed E-state index contributed by atoms with van der Waals surface area (Å²) in [7, 11) is 0. The Morgan fingerprint density at radius 2 is 2.25 bits per heavy atom. The molecule has 0 bridgehead atoms. The van der Waals surface area contributed by atoms with Crippen LogP contribution in [0.4, 0.5) is 0 Å². The molecule has 1 fully saturated rings. The Bertz CT molecular complexity index is 588. The Labute approximate surface area is 118 Å². The molecule has 1 aromatic carbocycles. The lowest BCUT2D eigenvalue weighted by Crippen LogP contribution is -2.33. The molecule has 1 N–H and O–H groups in total. The van der Waals surface area contributed by atoms with Gasteiger partial charge in [-0.25, -0.2) is 0 Å². The number of hydrogen-bond acceptors (Lipinski definition) is 5. The number of nitrogens with one attached hydrogen (secondary N) is 1. The van der Waals surface area contributed by atoms with Gasteiger partial charge in [-0.15, -0.1) is 0 Å². The van der Waals surface area contributed by atoms with Crippen molar-refractivity contribution >= 4 is 0 Å². The molecular formula is C15H19N3O2. The van der Waals surface area contributed by atoms with Crippen LogP contribution in [-0.2, 0) is 5.54 Å². The molecule has 0 aliphatic carbocycles. The first kappa shape index (κ1) is 13.1. The van der Waals surface area contributed by atoms with Gasteiger partial charge in [-0.2, -0.15) is 4.98 Å². The van der Waals surface area contributed by atoms with Crippen molar-refractivity contribution < 1.29 is 9.26 Å². The topological polar surface area (TPSA) is 60.2 Å². The van der Waals surface area contributed by atoms with Gasteiger partial charge in [0.2, 0.25) is 11.7 Å². The van der Waals surface area contributed by atoms with Gasteiger partial charge in [0.25, 0.3) is 0 Å². The van der Waals surface area contributed by atoms with E-state index >= 15 is 0 Å². The van der Waals surface area contributed by atoms with Gasteiger partial charge in [-0.3, -0.25) is 0 Å². The summed E-state index contributed by atoms with van der Waals surface area (Å²) in [5.41, 5.74) is 0.664. The molecule has 0 amide bonds. The van der Waals surface area contributed by atoms with Crippen LogP contribution >= 0.6 is 0 Å². The van der Waals surface area contributed by atoms with E-state index in [1.54, 1.807) is 0 Å². The van der Waals surface area contributed by atoms with Crippen LogP contribution in [-0.4, -0.2) is 23.3 Å². The Hall–Kier alpha value is -1.88. The standard InChI is InChI=1S/C15H19N3O2/c1-3-19-12-8-5-4-7-11(12)13-17-14(20-18-13)15(2)9-6-10-16-15/h4-5,7-8,16H,3,6,9-10H2,1-2H3. The van der Waals surface area contributed by atoms with Gasteiger partial charge in [-0.05, 0) is 45.4 Å². The van der Waals surface area contributed by atoms with Crippen LogP contribution in [0.2, 0.25) is 0 Å². The number of ether oxygens (including phenoxy) is 1. The molecule has 1 unspecified atom stereocenters. The summed E-state index contributed by atoms with van der Waals surface area (Å²) in [4.78, 5) is 4.56. The first-order chi connectivity index (χ1) is 9.73. The van der Waals surface area contributed by atoms with Crippen LogP contribution in [0.25, 0.3) is 11.4 Å². The van der Waals surface area contributed by atoms with E-state index in [0.717, 1.165) is 30.7 Å². The summed E-state index contributed by atoms with van der Waals surface area (Å²) in [6.07, 6.45) is 2.14. The molecule has 106 valence electrons. The number of rotatable bonds is 4. The Morgan fingerprint density at radius 3 is 3.00 bits per heavy atom. The lowest BCUT2D eigenvalue weighted by molar-refractivity contribution is 0.275. The van der Waals surface area contributed by atoms with Gasteiger partial charge < -0.3 is 14.6 Å². The van der Waals surface area contributed by atoms with Crippen LogP contribution in [0, 0.1) is 0 Å². The minimum Gasteiger partial charge on any atom is -0.493 e. The van der Waals surface area contributed by atoms with E-state index in [9.17, 15) is 0 Å². The van der Waals surface area contributed by atoms with Crippen molar-refractivity contribution in [3.8, 4) is 17.1 Å². The Balaban J connectivity index is 1.94. The fourth-order valence-electron chi connectivity index (χ4n) is 2.57. The molecule has 1 aliphatic rings. The highest BCUT2D eigenvalue weighted by molar-refractivity contribution is 5.63. The Morgan fingerprint density at radius 1 is 1.40 bits per heavy atom. The molecule has 0 saturated carbocycles. The SMILES string of the molecule is CCOc1ccccc1-c1noc(C2(C)CCCN2)n1. The average molecular weight is 273 g/mol. The second-order valence-electron chi connectivity index (χ2n) is 5.21. The highest BCUT2D eigenvalue weighted by Gasteiger charge is 2.36. The van der Waals surface area contributed by atoms with E-state index in [4.69, 9.17) is 9.26 Å². The highest BCUT2D eigenvalue weighted by atomic mass is 16.5. The van der Waals surface area contributed by atoms with Crippen LogP contribution in [0.15, 0.2) is 28.8 Å². The summed E-state index contributed by atoms with van der Waals surface area (Å²) in [6, 6.07) is 7.76. The molecular weight excluding hydrogens is 254 g/mol. The van der Waals surface area contributed by atoms with Crippen molar-refractivity contribution in [1.82, 2.24) is 15.5 Å². The van der Waals surface area contributed by atoms with Gasteiger partial charge >= 0.3 is 0 Å². The van der Waals surface area contributed by atoms with E-state index in [2.05, 4.69) is 22.4 Å². The molecule has 2 aromatic rings. The van der Waals surface area contributed by atoms with Crippen molar-refractivity contribution in [3.05, 3.63) is 30.2 Å². The third-order valence-electron chi connectivity index (χ3n) is 3.69. The fourth-order valence-corrected chi connectivity index (χ4v) is 2.57. The Kier molecular flexibility index (Phi) is 3.44. The molecule has 0 radical (unpaired) electrons. The lowest BCUT2D eigenvalue weighted by atomic mass is 10.0. The molecule has 2 heterocycles. The largest absolute Gasteiger partial charge is 0.493 e. The summed E-state index contributed by atoms with van der Waals surface area (Å²) in [5.74, 6) is 2.02. The van der Waals surface area contributed by atoms with E-state index in [-0.39, 0.29) is 5.54 Å². The fraction of sp³-hybridized carbons (Fsp3) is 0.467. The number of hydrogen-bond donors (Lipinski definition) is 1. The van der Waals surface area contributed by atoms with Crippen molar-refractivity contribution in [2.75, 3.05) is 13.2 Å². The van der Waals surface area contributed by atoms with Crippen molar-refractivity contribution in [3.63, 3.8) is 0 Å². The number of aromatic nitrogens is 2. The highest BCUT2D eigenvalue weighted by Crippen LogP contribution is 2.32. The van der Waals surface area contributed by atoms with Gasteiger partial charge in [0.1, 0.15) is 5.75 Å². The maximum Gasteiger partial charge on any atom is 0.246 e. The zero-order chi connectivity index (χ0) is 14.0. The van der Waals surface area contributed by atoms with E-state index in [1.807, 2.05) is 31.2 Å². The first-order valence-electron chi connectivity index (χ1n) is 7.04. The zero-order valence-corrected chi connectivity index (χ0v) is 11.8. The average Bonchev–Trinajstić information content (AvgIpc) is 3.09. The van der Waals surface area contributed by atoms with Crippen molar-refractivity contribution in [2.45, 2.75) is 32.2 Å². The van der Waals surface area contributed by atoms with Crippen LogP contribution in [0.5, 0.6) is 5.75 Å². The van der Waals surface area contributed by atoms with Crippen LogP contribution < -0.4 is 10.1 Å². The molecule has 1 atom stereocenters. The first-order valence-corrected chi connectivity index (χ1v) is 7.04. The van der Waals surface area contributed by atoms with Gasteiger partial charge in [0.05, 0.1) is 17.7 Å². The lowest BCUT2D eigenvalue weighted by Gasteiger charge is -2.18. The monoisotopic (exact) mass is 273 g/mol. The van der Waals surface area contributed by atoms with Crippen LogP contribution in [0.3, 0.4) is 0 Å². The number of nitrogens with zero attached hydrogens (tertiary/aromatic N) is 2. The summed E-state index contributed by atoms with van der Waals surface area (Å²) < 4.78 is 11.1. The predicted molar refractivity (Wildman–Crippen MR) is 75.5 cm³/mol. The predicted octanol–water partition coefficient (Wildman–Crippen LogP) is 2.73. The van der Waals surface area contributed by atoms with Crippen molar-refractivity contribution in [2.24, 2.45) is 0 Å². The maximum atomic E-state index is 5.61. The molecule has 1 aromatic heterocycles. The maximum absolute atomic E-state index is 5.61. The van der Waals surface area contributed by atoms with E-state index in [1.165, 1.54) is 0 Å². The zero-order valence-electron chi connectivity index (χ0n) is 11.8. The van der Waals surface area contributed by atoms with Crippen molar-refractivity contribution in [1.29, 1.82) is 0 Å². The summed E-state index contributed by atoms with van der Waals surface area (Å²) >= 11 is 0. The van der Waals surface area contributed by atoms with E-state index in [0.29, 0.717) is 18.3 Å². The third kappa shape index (κ3) is 2.29. The molecule has 1 aliphatic heterocycles.